The summed E-state index contributed by atoms with van der Waals surface area (Å²) < 4.78 is 0. The zero-order chi connectivity index (χ0) is 14.7. The number of hydrogen-bond acceptors (Lipinski definition) is 3. The van der Waals surface area contributed by atoms with E-state index in [9.17, 15) is 14.4 Å². The van der Waals surface area contributed by atoms with Crippen molar-refractivity contribution in [1.29, 1.82) is 0 Å². The molecule has 1 heterocycles. The fraction of sp³-hybridized carbons (Fsp3) is 0.750. The third-order valence-corrected chi connectivity index (χ3v) is 3.47. The SMILES string of the molecule is CC(C)C(C(=O)N1CCCC1C(N)=O)N(C)C(=O)O. The van der Waals surface area contributed by atoms with E-state index in [1.807, 2.05) is 0 Å². The Labute approximate surface area is 112 Å². The number of likely N-dealkylation sites (tertiary alicyclic amines) is 1. The molecule has 3 N–H and O–H groups in total. The molecule has 0 saturated carbocycles. The van der Waals surface area contributed by atoms with Crippen LogP contribution in [0, 0.1) is 5.92 Å². The van der Waals surface area contributed by atoms with Crippen LogP contribution >= 0.6 is 0 Å². The van der Waals surface area contributed by atoms with Crippen LogP contribution in [0.2, 0.25) is 0 Å². The first-order chi connectivity index (χ1) is 8.77. The molecule has 0 radical (unpaired) electrons. The van der Waals surface area contributed by atoms with Gasteiger partial charge in [0.1, 0.15) is 12.1 Å². The highest BCUT2D eigenvalue weighted by molar-refractivity contribution is 5.91. The maximum Gasteiger partial charge on any atom is 0.407 e. The first kappa shape index (κ1) is 15.3. The predicted molar refractivity (Wildman–Crippen MR) is 68.3 cm³/mol. The largest absolute Gasteiger partial charge is 0.465 e. The molecule has 2 unspecified atom stereocenters. The number of rotatable bonds is 4. The number of likely N-dealkylation sites (N-methyl/N-ethyl adjacent to an activating group) is 1. The topological polar surface area (TPSA) is 104 Å². The molecule has 108 valence electrons. The number of nitrogens with zero attached hydrogens (tertiary/aromatic N) is 2. The van der Waals surface area contributed by atoms with Crippen molar-refractivity contribution in [3.05, 3.63) is 0 Å². The summed E-state index contributed by atoms with van der Waals surface area (Å²) in [6.07, 6.45) is 0.0887. The number of primary amides is 1. The molecular weight excluding hydrogens is 250 g/mol. The lowest BCUT2D eigenvalue weighted by Gasteiger charge is -2.33. The highest BCUT2D eigenvalue weighted by Gasteiger charge is 2.39. The van der Waals surface area contributed by atoms with Crippen LogP contribution in [0.3, 0.4) is 0 Å². The molecule has 7 nitrogen and oxygen atoms in total. The molecule has 1 aliphatic rings. The quantitative estimate of drug-likeness (QED) is 0.756. The van der Waals surface area contributed by atoms with Crippen LogP contribution in [0.5, 0.6) is 0 Å². The van der Waals surface area contributed by atoms with Crippen LogP contribution in [-0.4, -0.2) is 58.5 Å². The second-order valence-corrected chi connectivity index (χ2v) is 5.17. The Balaban J connectivity index is 2.94. The summed E-state index contributed by atoms with van der Waals surface area (Å²) >= 11 is 0. The molecule has 1 aliphatic heterocycles. The van der Waals surface area contributed by atoms with Crippen molar-refractivity contribution in [2.24, 2.45) is 11.7 Å². The van der Waals surface area contributed by atoms with Crippen molar-refractivity contribution in [3.8, 4) is 0 Å². The molecule has 0 aliphatic carbocycles. The molecule has 1 rings (SSSR count). The van der Waals surface area contributed by atoms with Gasteiger partial charge in [-0.15, -0.1) is 0 Å². The molecular formula is C12H21N3O4. The van der Waals surface area contributed by atoms with E-state index in [-0.39, 0.29) is 11.8 Å². The van der Waals surface area contributed by atoms with Crippen LogP contribution < -0.4 is 5.73 Å². The van der Waals surface area contributed by atoms with Gasteiger partial charge >= 0.3 is 6.09 Å². The van der Waals surface area contributed by atoms with E-state index in [0.29, 0.717) is 19.4 Å². The lowest BCUT2D eigenvalue weighted by atomic mass is 10.0. The first-order valence-electron chi connectivity index (χ1n) is 6.33. The van der Waals surface area contributed by atoms with E-state index in [4.69, 9.17) is 10.8 Å². The van der Waals surface area contributed by atoms with Crippen LogP contribution in [0.1, 0.15) is 26.7 Å². The van der Waals surface area contributed by atoms with E-state index in [1.165, 1.54) is 11.9 Å². The summed E-state index contributed by atoms with van der Waals surface area (Å²) in [6.45, 7) is 4.00. The van der Waals surface area contributed by atoms with Gasteiger partial charge in [-0.1, -0.05) is 13.8 Å². The van der Waals surface area contributed by atoms with Crippen molar-refractivity contribution < 1.29 is 19.5 Å². The van der Waals surface area contributed by atoms with Gasteiger partial charge in [-0.05, 0) is 18.8 Å². The Morgan fingerprint density at radius 3 is 2.37 bits per heavy atom. The number of carbonyl (C=O) groups excluding carboxylic acids is 2. The Morgan fingerprint density at radius 1 is 1.37 bits per heavy atom. The van der Waals surface area contributed by atoms with Gasteiger partial charge in [-0.2, -0.15) is 0 Å². The minimum absolute atomic E-state index is 0.178. The van der Waals surface area contributed by atoms with Crippen molar-refractivity contribution in [3.63, 3.8) is 0 Å². The second-order valence-electron chi connectivity index (χ2n) is 5.17. The Kier molecular flexibility index (Phi) is 4.74. The summed E-state index contributed by atoms with van der Waals surface area (Å²) in [5.41, 5.74) is 5.28. The van der Waals surface area contributed by atoms with Crippen molar-refractivity contribution in [2.75, 3.05) is 13.6 Å². The minimum Gasteiger partial charge on any atom is -0.465 e. The maximum atomic E-state index is 12.5. The summed E-state index contributed by atoms with van der Waals surface area (Å²) in [5, 5.41) is 9.03. The molecule has 0 aromatic rings. The predicted octanol–water partition coefficient (Wildman–Crippen LogP) is 0.0971. The van der Waals surface area contributed by atoms with Crippen molar-refractivity contribution >= 4 is 17.9 Å². The minimum atomic E-state index is -1.16. The summed E-state index contributed by atoms with van der Waals surface area (Å²) in [6, 6.07) is -1.41. The van der Waals surface area contributed by atoms with Gasteiger partial charge in [0.05, 0.1) is 0 Å². The van der Waals surface area contributed by atoms with E-state index < -0.39 is 24.1 Å². The lowest BCUT2D eigenvalue weighted by molar-refractivity contribution is -0.142. The van der Waals surface area contributed by atoms with Gasteiger partial charge < -0.3 is 15.7 Å². The van der Waals surface area contributed by atoms with Gasteiger partial charge in [-0.25, -0.2) is 4.79 Å². The van der Waals surface area contributed by atoms with Crippen molar-refractivity contribution in [2.45, 2.75) is 38.8 Å². The van der Waals surface area contributed by atoms with Crippen LogP contribution in [0.25, 0.3) is 0 Å². The fourth-order valence-corrected chi connectivity index (χ4v) is 2.51. The van der Waals surface area contributed by atoms with Crippen LogP contribution in [0.4, 0.5) is 4.79 Å². The third kappa shape index (κ3) is 3.15. The highest BCUT2D eigenvalue weighted by Crippen LogP contribution is 2.21. The smallest absolute Gasteiger partial charge is 0.407 e. The van der Waals surface area contributed by atoms with Crippen LogP contribution in [-0.2, 0) is 9.59 Å². The number of carbonyl (C=O) groups is 3. The molecule has 1 fully saturated rings. The highest BCUT2D eigenvalue weighted by atomic mass is 16.4. The van der Waals surface area contributed by atoms with E-state index >= 15 is 0 Å². The molecule has 0 aromatic carbocycles. The van der Waals surface area contributed by atoms with E-state index in [1.54, 1.807) is 13.8 Å². The third-order valence-electron chi connectivity index (χ3n) is 3.47. The normalized spacial score (nSPS) is 20.4. The van der Waals surface area contributed by atoms with Crippen LogP contribution in [0.15, 0.2) is 0 Å². The number of amides is 3. The van der Waals surface area contributed by atoms with Gasteiger partial charge in [-0.3, -0.25) is 14.5 Å². The van der Waals surface area contributed by atoms with E-state index in [0.717, 1.165) is 4.90 Å². The standard InChI is InChI=1S/C12H21N3O4/c1-7(2)9(14(3)12(18)19)11(17)15-6-4-5-8(15)10(13)16/h7-9H,4-6H2,1-3H3,(H2,13,16)(H,18,19). The Morgan fingerprint density at radius 2 is 1.95 bits per heavy atom. The average molecular weight is 271 g/mol. The summed E-state index contributed by atoms with van der Waals surface area (Å²) in [4.78, 5) is 37.2. The molecule has 2 atom stereocenters. The zero-order valence-electron chi connectivity index (χ0n) is 11.5. The van der Waals surface area contributed by atoms with E-state index in [2.05, 4.69) is 0 Å². The number of hydrogen-bond donors (Lipinski definition) is 2. The fourth-order valence-electron chi connectivity index (χ4n) is 2.51. The number of nitrogens with two attached hydrogens (primary N) is 1. The summed E-state index contributed by atoms with van der Waals surface area (Å²) in [5.74, 6) is -1.06. The van der Waals surface area contributed by atoms with Gasteiger partial charge in [0.2, 0.25) is 11.8 Å². The first-order valence-corrected chi connectivity index (χ1v) is 6.33. The average Bonchev–Trinajstić information content (AvgIpc) is 2.76. The maximum absolute atomic E-state index is 12.5. The Hall–Kier alpha value is -1.79. The number of carboxylic acid groups (broad SMARTS) is 1. The molecule has 0 aromatic heterocycles. The molecule has 7 heteroatoms. The molecule has 3 amide bonds. The van der Waals surface area contributed by atoms with Gasteiger partial charge in [0.25, 0.3) is 0 Å². The molecule has 19 heavy (non-hydrogen) atoms. The van der Waals surface area contributed by atoms with Crippen molar-refractivity contribution in [1.82, 2.24) is 9.80 Å². The molecule has 0 bridgehead atoms. The lowest BCUT2D eigenvalue weighted by Crippen LogP contribution is -2.54. The van der Waals surface area contributed by atoms with Gasteiger partial charge in [0.15, 0.2) is 0 Å². The van der Waals surface area contributed by atoms with Gasteiger partial charge in [0, 0.05) is 13.6 Å². The Bertz CT molecular complexity index is 383. The molecule has 0 spiro atoms. The molecule has 1 saturated heterocycles. The second kappa shape index (κ2) is 5.90. The summed E-state index contributed by atoms with van der Waals surface area (Å²) in [7, 11) is 1.36. The zero-order valence-corrected chi connectivity index (χ0v) is 11.5. The monoisotopic (exact) mass is 271 g/mol.